The number of anilines is 1. The van der Waals surface area contributed by atoms with Crippen molar-refractivity contribution in [3.05, 3.63) is 53.9 Å². The average molecular weight is 314 g/mol. The fourth-order valence-corrected chi connectivity index (χ4v) is 2.51. The third kappa shape index (κ3) is 4.48. The van der Waals surface area contributed by atoms with Crippen molar-refractivity contribution in [2.45, 2.75) is 12.6 Å². The molecule has 6 heteroatoms. The highest BCUT2D eigenvalue weighted by molar-refractivity contribution is 5.30. The van der Waals surface area contributed by atoms with E-state index in [0.29, 0.717) is 13.1 Å². The molecule has 1 saturated heterocycles. The quantitative estimate of drug-likeness (QED) is 0.833. The molecule has 0 bridgehead atoms. The summed E-state index contributed by atoms with van der Waals surface area (Å²) >= 11 is 0. The Morgan fingerprint density at radius 3 is 2.52 bits per heavy atom. The minimum atomic E-state index is -0.509. The minimum absolute atomic E-state index is 0.495. The van der Waals surface area contributed by atoms with Crippen molar-refractivity contribution >= 4 is 5.95 Å². The molecular weight excluding hydrogens is 292 g/mol. The van der Waals surface area contributed by atoms with Gasteiger partial charge >= 0.3 is 0 Å². The SMILES string of the molecule is O[C@@H](CNCc1cnc(N2CCOCC2)nc1)c1ccccc1. The Morgan fingerprint density at radius 2 is 1.83 bits per heavy atom. The van der Waals surface area contributed by atoms with Gasteiger partial charge in [-0.3, -0.25) is 0 Å². The van der Waals surface area contributed by atoms with E-state index in [1.54, 1.807) is 0 Å². The second-order valence-electron chi connectivity index (χ2n) is 5.55. The standard InChI is InChI=1S/C17H22N4O2/c22-16(15-4-2-1-3-5-15)13-18-10-14-11-19-17(20-12-14)21-6-8-23-9-7-21/h1-5,11-12,16,18,22H,6-10,13H2/t16-/m0/s1. The molecule has 122 valence electrons. The molecule has 1 aromatic heterocycles. The maximum absolute atomic E-state index is 10.1. The van der Waals surface area contributed by atoms with E-state index in [1.165, 1.54) is 0 Å². The summed E-state index contributed by atoms with van der Waals surface area (Å²) in [5.41, 5.74) is 1.92. The number of nitrogens with zero attached hydrogens (tertiary/aromatic N) is 3. The van der Waals surface area contributed by atoms with E-state index in [2.05, 4.69) is 20.2 Å². The lowest BCUT2D eigenvalue weighted by Crippen LogP contribution is -2.37. The van der Waals surface area contributed by atoms with Crippen molar-refractivity contribution in [2.75, 3.05) is 37.7 Å². The molecule has 1 aliphatic heterocycles. The first-order valence-electron chi connectivity index (χ1n) is 7.90. The zero-order valence-electron chi connectivity index (χ0n) is 13.1. The second kappa shape index (κ2) is 8.01. The number of rotatable bonds is 6. The fourth-order valence-electron chi connectivity index (χ4n) is 2.51. The van der Waals surface area contributed by atoms with Gasteiger partial charge in [-0.1, -0.05) is 30.3 Å². The summed E-state index contributed by atoms with van der Waals surface area (Å²) in [7, 11) is 0. The number of hydrogen-bond donors (Lipinski definition) is 2. The Labute approximate surface area is 136 Å². The molecule has 2 N–H and O–H groups in total. The third-order valence-corrected chi connectivity index (χ3v) is 3.84. The number of aliphatic hydroxyl groups is 1. The number of nitrogens with one attached hydrogen (secondary N) is 1. The van der Waals surface area contributed by atoms with Crippen molar-refractivity contribution in [3.63, 3.8) is 0 Å². The normalized spacial score (nSPS) is 16.3. The molecule has 0 aliphatic carbocycles. The first-order valence-corrected chi connectivity index (χ1v) is 7.90. The minimum Gasteiger partial charge on any atom is -0.387 e. The number of hydrogen-bond acceptors (Lipinski definition) is 6. The highest BCUT2D eigenvalue weighted by Crippen LogP contribution is 2.12. The highest BCUT2D eigenvalue weighted by atomic mass is 16.5. The van der Waals surface area contributed by atoms with Crippen LogP contribution in [0.2, 0.25) is 0 Å². The van der Waals surface area contributed by atoms with Gasteiger partial charge in [0.2, 0.25) is 5.95 Å². The molecule has 1 atom stereocenters. The first kappa shape index (κ1) is 15.9. The van der Waals surface area contributed by atoms with Gasteiger partial charge < -0.3 is 20.1 Å². The molecule has 0 spiro atoms. The van der Waals surface area contributed by atoms with Gasteiger partial charge in [0.25, 0.3) is 0 Å². The highest BCUT2D eigenvalue weighted by Gasteiger charge is 2.13. The predicted molar refractivity (Wildman–Crippen MR) is 88.2 cm³/mol. The van der Waals surface area contributed by atoms with Crippen LogP contribution in [0.1, 0.15) is 17.2 Å². The van der Waals surface area contributed by atoms with Gasteiger partial charge in [0.1, 0.15) is 0 Å². The van der Waals surface area contributed by atoms with Gasteiger partial charge in [0.15, 0.2) is 0 Å². The topological polar surface area (TPSA) is 70.5 Å². The van der Waals surface area contributed by atoms with Crippen LogP contribution >= 0.6 is 0 Å². The average Bonchev–Trinajstić information content (AvgIpc) is 2.64. The molecule has 0 unspecified atom stereocenters. The molecule has 2 aromatic rings. The summed E-state index contributed by atoms with van der Waals surface area (Å²) < 4.78 is 5.33. The smallest absolute Gasteiger partial charge is 0.225 e. The van der Waals surface area contributed by atoms with Crippen LogP contribution in [0.4, 0.5) is 5.95 Å². The summed E-state index contributed by atoms with van der Waals surface area (Å²) in [5.74, 6) is 0.751. The summed E-state index contributed by atoms with van der Waals surface area (Å²) in [4.78, 5) is 11.0. The molecule has 1 aromatic carbocycles. The number of benzene rings is 1. The van der Waals surface area contributed by atoms with Crippen LogP contribution in [0.15, 0.2) is 42.7 Å². The Balaban J connectivity index is 1.47. The second-order valence-corrected chi connectivity index (χ2v) is 5.55. The van der Waals surface area contributed by atoms with E-state index in [-0.39, 0.29) is 0 Å². The Hall–Kier alpha value is -2.02. The third-order valence-electron chi connectivity index (χ3n) is 3.84. The molecule has 0 amide bonds. The van der Waals surface area contributed by atoms with Crippen molar-refractivity contribution in [3.8, 4) is 0 Å². The van der Waals surface area contributed by atoms with Crippen LogP contribution in [0.3, 0.4) is 0 Å². The van der Waals surface area contributed by atoms with E-state index in [1.807, 2.05) is 42.7 Å². The molecule has 2 heterocycles. The summed E-state index contributed by atoms with van der Waals surface area (Å²) in [6.07, 6.45) is 3.16. The number of aliphatic hydroxyl groups excluding tert-OH is 1. The summed E-state index contributed by atoms with van der Waals surface area (Å²) in [6, 6.07) is 9.64. The van der Waals surface area contributed by atoms with Crippen molar-refractivity contribution in [2.24, 2.45) is 0 Å². The van der Waals surface area contributed by atoms with Gasteiger partial charge in [0, 0.05) is 44.1 Å². The van der Waals surface area contributed by atoms with Crippen LogP contribution in [0, 0.1) is 0 Å². The number of ether oxygens (including phenoxy) is 1. The fraction of sp³-hybridized carbons (Fsp3) is 0.412. The molecule has 0 radical (unpaired) electrons. The van der Waals surface area contributed by atoms with Crippen LogP contribution in [0.25, 0.3) is 0 Å². The van der Waals surface area contributed by atoms with Gasteiger partial charge in [-0.2, -0.15) is 0 Å². The molecule has 3 rings (SSSR count). The zero-order chi connectivity index (χ0) is 15.9. The summed E-state index contributed by atoms with van der Waals surface area (Å²) in [5, 5.41) is 13.3. The summed E-state index contributed by atoms with van der Waals surface area (Å²) in [6.45, 7) is 4.25. The molecule has 0 saturated carbocycles. The van der Waals surface area contributed by atoms with E-state index in [4.69, 9.17) is 4.74 Å². The van der Waals surface area contributed by atoms with E-state index < -0.39 is 6.10 Å². The maximum Gasteiger partial charge on any atom is 0.225 e. The Bertz CT molecular complexity index is 585. The molecule has 1 fully saturated rings. The number of morpholine rings is 1. The van der Waals surface area contributed by atoms with E-state index >= 15 is 0 Å². The van der Waals surface area contributed by atoms with E-state index in [9.17, 15) is 5.11 Å². The lowest BCUT2D eigenvalue weighted by molar-refractivity contribution is 0.122. The van der Waals surface area contributed by atoms with Crippen molar-refractivity contribution in [1.29, 1.82) is 0 Å². The molecular formula is C17H22N4O2. The van der Waals surface area contributed by atoms with Crippen molar-refractivity contribution < 1.29 is 9.84 Å². The molecule has 6 nitrogen and oxygen atoms in total. The van der Waals surface area contributed by atoms with Gasteiger partial charge in [-0.25, -0.2) is 9.97 Å². The lowest BCUT2D eigenvalue weighted by atomic mass is 10.1. The van der Waals surface area contributed by atoms with Gasteiger partial charge in [-0.05, 0) is 5.56 Å². The van der Waals surface area contributed by atoms with Crippen LogP contribution in [0.5, 0.6) is 0 Å². The lowest BCUT2D eigenvalue weighted by Gasteiger charge is -2.26. The predicted octanol–water partition coefficient (Wildman–Crippen LogP) is 1.14. The molecule has 23 heavy (non-hydrogen) atoms. The maximum atomic E-state index is 10.1. The number of aromatic nitrogens is 2. The van der Waals surface area contributed by atoms with Gasteiger partial charge in [-0.15, -0.1) is 0 Å². The largest absolute Gasteiger partial charge is 0.387 e. The van der Waals surface area contributed by atoms with Crippen LogP contribution in [-0.4, -0.2) is 47.9 Å². The molecule has 1 aliphatic rings. The monoisotopic (exact) mass is 314 g/mol. The van der Waals surface area contributed by atoms with E-state index in [0.717, 1.165) is 43.4 Å². The van der Waals surface area contributed by atoms with Gasteiger partial charge in [0.05, 0.1) is 19.3 Å². The first-order chi connectivity index (χ1) is 11.3. The Morgan fingerprint density at radius 1 is 1.13 bits per heavy atom. The van der Waals surface area contributed by atoms with Crippen LogP contribution < -0.4 is 10.2 Å². The van der Waals surface area contributed by atoms with Crippen LogP contribution in [-0.2, 0) is 11.3 Å². The van der Waals surface area contributed by atoms with Crippen molar-refractivity contribution in [1.82, 2.24) is 15.3 Å². The zero-order valence-corrected chi connectivity index (χ0v) is 13.1. The Kier molecular flexibility index (Phi) is 5.52.